The van der Waals surface area contributed by atoms with Gasteiger partial charge in [0.2, 0.25) is 11.7 Å². The van der Waals surface area contributed by atoms with Gasteiger partial charge in [0, 0.05) is 22.6 Å². The van der Waals surface area contributed by atoms with E-state index in [-0.39, 0.29) is 11.7 Å². The molecule has 1 N–H and O–H groups in total. The van der Waals surface area contributed by atoms with Crippen molar-refractivity contribution in [3.63, 3.8) is 0 Å². The van der Waals surface area contributed by atoms with Crippen molar-refractivity contribution in [1.82, 2.24) is 14.8 Å². The Bertz CT molecular complexity index is 1150. The smallest absolute Gasteiger partial charge is 0.234 e. The molecule has 29 heavy (non-hydrogen) atoms. The summed E-state index contributed by atoms with van der Waals surface area (Å²) < 4.78 is 7.86. The molecular weight excluding hydrogens is 408 g/mol. The fourth-order valence-electron chi connectivity index (χ4n) is 3.00. The normalized spacial score (nSPS) is 11.1. The summed E-state index contributed by atoms with van der Waals surface area (Å²) in [7, 11) is 0. The molecule has 0 radical (unpaired) electrons. The molecule has 0 aliphatic carbocycles. The second-order valence-electron chi connectivity index (χ2n) is 6.50. The Kier molecular flexibility index (Phi) is 5.60. The van der Waals surface area contributed by atoms with Crippen LogP contribution >= 0.6 is 23.4 Å². The first-order valence-corrected chi connectivity index (χ1v) is 10.5. The van der Waals surface area contributed by atoms with E-state index in [4.69, 9.17) is 16.0 Å². The molecule has 0 fully saturated rings. The number of carbonyl (C=O) groups excluding carboxylic acids is 1. The van der Waals surface area contributed by atoms with Crippen LogP contribution in [0.3, 0.4) is 0 Å². The third-order valence-electron chi connectivity index (χ3n) is 4.45. The van der Waals surface area contributed by atoms with Crippen LogP contribution in [0.15, 0.2) is 58.1 Å². The molecule has 8 heteroatoms. The Hall–Kier alpha value is -2.77. The topological polar surface area (TPSA) is 73.0 Å². The molecule has 2 aromatic carbocycles. The van der Waals surface area contributed by atoms with Crippen molar-refractivity contribution in [1.29, 1.82) is 0 Å². The predicted molar refractivity (Wildman–Crippen MR) is 116 cm³/mol. The summed E-state index contributed by atoms with van der Waals surface area (Å²) in [5.74, 6) is 1.42. The zero-order chi connectivity index (χ0) is 20.4. The maximum Gasteiger partial charge on any atom is 0.234 e. The number of nitrogens with one attached hydrogen (secondary N) is 1. The highest BCUT2D eigenvalue weighted by Gasteiger charge is 2.18. The standard InChI is InChI=1S/C21H19ClN4O2S/c1-3-26-20(18-11-14-6-4-5-7-17(14)28-18)24-25-21(26)29-12-19(27)23-15-8-9-16(22)13(2)10-15/h4-11H,3,12H2,1-2H3,(H,23,27). The van der Waals surface area contributed by atoms with Crippen molar-refractivity contribution in [2.24, 2.45) is 0 Å². The van der Waals surface area contributed by atoms with Crippen LogP contribution < -0.4 is 5.32 Å². The van der Waals surface area contributed by atoms with E-state index in [0.29, 0.717) is 28.3 Å². The number of thioether (sulfide) groups is 1. The van der Waals surface area contributed by atoms with Gasteiger partial charge in [0.15, 0.2) is 10.9 Å². The maximum atomic E-state index is 12.3. The Morgan fingerprint density at radius 1 is 1.21 bits per heavy atom. The van der Waals surface area contributed by atoms with Gasteiger partial charge < -0.3 is 9.73 Å². The van der Waals surface area contributed by atoms with Crippen LogP contribution in [-0.4, -0.2) is 26.4 Å². The quantitative estimate of drug-likeness (QED) is 0.417. The van der Waals surface area contributed by atoms with Crippen molar-refractivity contribution in [2.75, 3.05) is 11.1 Å². The molecule has 0 saturated heterocycles. The monoisotopic (exact) mass is 426 g/mol. The number of amides is 1. The molecule has 0 bridgehead atoms. The van der Waals surface area contributed by atoms with Gasteiger partial charge in [0.05, 0.1) is 5.75 Å². The lowest BCUT2D eigenvalue weighted by Gasteiger charge is -2.08. The number of benzene rings is 2. The number of furan rings is 1. The molecule has 4 rings (SSSR count). The lowest BCUT2D eigenvalue weighted by Crippen LogP contribution is -2.14. The number of hydrogen-bond acceptors (Lipinski definition) is 5. The van der Waals surface area contributed by atoms with Gasteiger partial charge in [-0.3, -0.25) is 9.36 Å². The zero-order valence-electron chi connectivity index (χ0n) is 16.0. The summed E-state index contributed by atoms with van der Waals surface area (Å²) in [4.78, 5) is 12.3. The first-order valence-electron chi connectivity index (χ1n) is 9.16. The molecule has 0 spiro atoms. The lowest BCUT2D eigenvalue weighted by molar-refractivity contribution is -0.113. The van der Waals surface area contributed by atoms with Gasteiger partial charge in [-0.05, 0) is 49.7 Å². The maximum absolute atomic E-state index is 12.3. The molecule has 148 valence electrons. The number of hydrogen-bond donors (Lipinski definition) is 1. The number of fused-ring (bicyclic) bond motifs is 1. The van der Waals surface area contributed by atoms with E-state index in [0.717, 1.165) is 22.2 Å². The van der Waals surface area contributed by atoms with Crippen molar-refractivity contribution < 1.29 is 9.21 Å². The highest BCUT2D eigenvalue weighted by molar-refractivity contribution is 7.99. The summed E-state index contributed by atoms with van der Waals surface area (Å²) in [5, 5.41) is 13.8. The van der Waals surface area contributed by atoms with Crippen LogP contribution in [0.2, 0.25) is 5.02 Å². The first kappa shape index (κ1) is 19.5. The van der Waals surface area contributed by atoms with Crippen LogP contribution in [-0.2, 0) is 11.3 Å². The van der Waals surface area contributed by atoms with Gasteiger partial charge in [-0.2, -0.15) is 0 Å². The Balaban J connectivity index is 1.48. The molecule has 0 aliphatic heterocycles. The van der Waals surface area contributed by atoms with Crippen LogP contribution in [0.4, 0.5) is 5.69 Å². The van der Waals surface area contributed by atoms with Crippen molar-refractivity contribution in [3.8, 4) is 11.6 Å². The molecular formula is C21H19ClN4O2S. The third-order valence-corrected chi connectivity index (χ3v) is 5.84. The molecule has 0 atom stereocenters. The highest BCUT2D eigenvalue weighted by atomic mass is 35.5. The molecule has 6 nitrogen and oxygen atoms in total. The Morgan fingerprint density at radius 2 is 2.03 bits per heavy atom. The highest BCUT2D eigenvalue weighted by Crippen LogP contribution is 2.29. The minimum Gasteiger partial charge on any atom is -0.453 e. The molecule has 4 aromatic rings. The number of halogens is 1. The Morgan fingerprint density at radius 3 is 2.79 bits per heavy atom. The lowest BCUT2D eigenvalue weighted by atomic mass is 10.2. The third kappa shape index (κ3) is 4.16. The molecule has 0 aliphatic rings. The fraction of sp³-hybridized carbons (Fsp3) is 0.190. The molecule has 0 saturated carbocycles. The molecule has 1 amide bonds. The second-order valence-corrected chi connectivity index (χ2v) is 7.85. The van der Waals surface area contributed by atoms with E-state index in [1.54, 1.807) is 12.1 Å². The van der Waals surface area contributed by atoms with Crippen LogP contribution in [0.5, 0.6) is 0 Å². The Labute approximate surface area is 177 Å². The van der Waals surface area contributed by atoms with Gasteiger partial charge in [-0.15, -0.1) is 10.2 Å². The minimum absolute atomic E-state index is 0.118. The summed E-state index contributed by atoms with van der Waals surface area (Å²) in [5.41, 5.74) is 2.44. The van der Waals surface area contributed by atoms with Crippen molar-refractivity contribution >= 4 is 45.9 Å². The van der Waals surface area contributed by atoms with Gasteiger partial charge >= 0.3 is 0 Å². The van der Waals surface area contributed by atoms with Crippen LogP contribution in [0, 0.1) is 6.92 Å². The molecule has 2 aromatic heterocycles. The SMILES string of the molecule is CCn1c(SCC(=O)Nc2ccc(Cl)c(C)c2)nnc1-c1cc2ccccc2o1. The largest absolute Gasteiger partial charge is 0.453 e. The number of anilines is 1. The zero-order valence-corrected chi connectivity index (χ0v) is 17.5. The van der Waals surface area contributed by atoms with Crippen LogP contribution in [0.25, 0.3) is 22.6 Å². The summed E-state index contributed by atoms with van der Waals surface area (Å²) in [6.45, 7) is 4.58. The van der Waals surface area contributed by atoms with E-state index < -0.39 is 0 Å². The second kappa shape index (κ2) is 8.31. The number of carbonyl (C=O) groups is 1. The summed E-state index contributed by atoms with van der Waals surface area (Å²) >= 11 is 7.37. The minimum atomic E-state index is -0.118. The van der Waals surface area contributed by atoms with Gasteiger partial charge in [0.1, 0.15) is 5.58 Å². The number of aromatic nitrogens is 3. The van der Waals surface area contributed by atoms with Gasteiger partial charge in [-0.1, -0.05) is 41.6 Å². The number of rotatable bonds is 6. The number of para-hydroxylation sites is 1. The van der Waals surface area contributed by atoms with E-state index >= 15 is 0 Å². The van der Waals surface area contributed by atoms with Gasteiger partial charge in [0.25, 0.3) is 0 Å². The molecule has 0 unspecified atom stereocenters. The fourth-order valence-corrected chi connectivity index (χ4v) is 3.92. The van der Waals surface area contributed by atoms with E-state index in [1.807, 2.05) is 54.8 Å². The average molecular weight is 427 g/mol. The summed E-state index contributed by atoms with van der Waals surface area (Å²) in [6, 6.07) is 15.2. The van der Waals surface area contributed by atoms with E-state index in [9.17, 15) is 4.79 Å². The van der Waals surface area contributed by atoms with E-state index in [1.165, 1.54) is 11.8 Å². The van der Waals surface area contributed by atoms with E-state index in [2.05, 4.69) is 15.5 Å². The average Bonchev–Trinajstić information content (AvgIpc) is 3.32. The number of nitrogens with zero attached hydrogens (tertiary/aromatic N) is 3. The van der Waals surface area contributed by atoms with Crippen LogP contribution in [0.1, 0.15) is 12.5 Å². The first-order chi connectivity index (χ1) is 14.0. The predicted octanol–water partition coefficient (Wildman–Crippen LogP) is 5.40. The summed E-state index contributed by atoms with van der Waals surface area (Å²) in [6.07, 6.45) is 0. The van der Waals surface area contributed by atoms with Gasteiger partial charge in [-0.25, -0.2) is 0 Å². The number of aryl methyl sites for hydroxylation is 1. The molecule has 2 heterocycles. The van der Waals surface area contributed by atoms with Crippen molar-refractivity contribution in [3.05, 3.63) is 59.1 Å². The van der Waals surface area contributed by atoms with Crippen molar-refractivity contribution in [2.45, 2.75) is 25.5 Å².